The Balaban J connectivity index is 1.47. The van der Waals surface area contributed by atoms with Gasteiger partial charge in [0.15, 0.2) is 5.79 Å². The van der Waals surface area contributed by atoms with E-state index in [0.717, 1.165) is 31.7 Å². The number of piperidine rings is 1. The van der Waals surface area contributed by atoms with Crippen LogP contribution in [0.5, 0.6) is 0 Å². The van der Waals surface area contributed by atoms with Crippen molar-refractivity contribution in [3.8, 4) is 0 Å². The van der Waals surface area contributed by atoms with Crippen molar-refractivity contribution in [1.82, 2.24) is 9.97 Å². The molecule has 2 aromatic rings. The van der Waals surface area contributed by atoms with Crippen LogP contribution >= 0.6 is 23.2 Å². The number of nitrogens with one attached hydrogen (secondary N) is 1. The monoisotopic (exact) mass is 380 g/mol. The lowest BCUT2D eigenvalue weighted by Crippen LogP contribution is -2.45. The van der Waals surface area contributed by atoms with Crippen LogP contribution in [0.1, 0.15) is 12.8 Å². The van der Waals surface area contributed by atoms with E-state index in [0.29, 0.717) is 34.9 Å². The summed E-state index contributed by atoms with van der Waals surface area (Å²) in [6, 6.07) is 7.30. The maximum atomic E-state index is 6.21. The fourth-order valence-corrected chi connectivity index (χ4v) is 3.52. The van der Waals surface area contributed by atoms with Gasteiger partial charge in [-0.05, 0) is 18.2 Å². The van der Waals surface area contributed by atoms with Crippen LogP contribution in [0.3, 0.4) is 0 Å². The minimum atomic E-state index is -0.390. The van der Waals surface area contributed by atoms with Crippen molar-refractivity contribution in [3.05, 3.63) is 40.5 Å². The molecule has 2 aliphatic heterocycles. The highest BCUT2D eigenvalue weighted by atomic mass is 35.5. The Morgan fingerprint density at radius 2 is 1.84 bits per heavy atom. The summed E-state index contributed by atoms with van der Waals surface area (Å²) in [7, 11) is 0. The summed E-state index contributed by atoms with van der Waals surface area (Å²) in [6.07, 6.45) is 3.40. The molecule has 1 spiro atoms. The molecule has 25 heavy (non-hydrogen) atoms. The molecule has 0 amide bonds. The first-order chi connectivity index (χ1) is 12.2. The lowest BCUT2D eigenvalue weighted by atomic mass is 10.0. The molecule has 0 atom stereocenters. The molecule has 0 saturated carbocycles. The normalized spacial score (nSPS) is 19.4. The number of benzene rings is 1. The summed E-state index contributed by atoms with van der Waals surface area (Å²) in [4.78, 5) is 11.1. The molecule has 8 heteroatoms. The first kappa shape index (κ1) is 16.8. The van der Waals surface area contributed by atoms with Gasteiger partial charge in [0.2, 0.25) is 5.95 Å². The lowest BCUT2D eigenvalue weighted by Gasteiger charge is -2.38. The van der Waals surface area contributed by atoms with Crippen LogP contribution in [0.2, 0.25) is 10.0 Å². The summed E-state index contributed by atoms with van der Waals surface area (Å²) in [5.41, 5.74) is 0.677. The molecule has 0 bridgehead atoms. The maximum absolute atomic E-state index is 6.21. The van der Waals surface area contributed by atoms with E-state index in [1.165, 1.54) is 0 Å². The molecule has 2 aliphatic rings. The Bertz CT molecular complexity index is 758. The van der Waals surface area contributed by atoms with Crippen molar-refractivity contribution in [2.24, 2.45) is 0 Å². The van der Waals surface area contributed by atoms with Crippen LogP contribution in [0, 0.1) is 0 Å². The molecule has 6 nitrogen and oxygen atoms in total. The number of ether oxygens (including phenoxy) is 2. The molecule has 1 N–H and O–H groups in total. The van der Waals surface area contributed by atoms with Crippen molar-refractivity contribution >= 4 is 40.7 Å². The third-order valence-electron chi connectivity index (χ3n) is 4.50. The fraction of sp³-hybridized carbons (Fsp3) is 0.412. The number of hydrogen-bond donors (Lipinski definition) is 1. The van der Waals surface area contributed by atoms with Crippen LogP contribution in [-0.2, 0) is 9.47 Å². The van der Waals surface area contributed by atoms with Crippen LogP contribution in [-0.4, -0.2) is 42.1 Å². The Hall–Kier alpha value is -1.60. The standard InChI is InChI=1S/C17H18Cl2N4O2/c18-12-2-1-3-13(15(12)19)21-16-20-7-4-14(22-16)23-8-5-17(6-9-23)24-10-11-25-17/h1-4,7H,5-6,8-11H2,(H,20,21,22). The highest BCUT2D eigenvalue weighted by molar-refractivity contribution is 6.43. The first-order valence-electron chi connectivity index (χ1n) is 8.22. The first-order valence-corrected chi connectivity index (χ1v) is 8.98. The predicted octanol–water partition coefficient (Wildman–Crippen LogP) is 3.87. The van der Waals surface area contributed by atoms with Crippen molar-refractivity contribution in [3.63, 3.8) is 0 Å². The van der Waals surface area contributed by atoms with E-state index in [2.05, 4.69) is 20.2 Å². The van der Waals surface area contributed by atoms with Crippen molar-refractivity contribution in [1.29, 1.82) is 0 Å². The second kappa shape index (κ2) is 6.96. The van der Waals surface area contributed by atoms with Gasteiger partial charge >= 0.3 is 0 Å². The van der Waals surface area contributed by atoms with Gasteiger partial charge in [-0.25, -0.2) is 4.98 Å². The minimum absolute atomic E-state index is 0.390. The summed E-state index contributed by atoms with van der Waals surface area (Å²) < 4.78 is 11.5. The second-order valence-electron chi connectivity index (χ2n) is 6.06. The maximum Gasteiger partial charge on any atom is 0.229 e. The topological polar surface area (TPSA) is 59.5 Å². The average molecular weight is 381 g/mol. The molecule has 2 saturated heterocycles. The number of nitrogens with zero attached hydrogens (tertiary/aromatic N) is 3. The molecular formula is C17H18Cl2N4O2. The number of anilines is 3. The summed E-state index contributed by atoms with van der Waals surface area (Å²) >= 11 is 12.3. The molecule has 0 unspecified atom stereocenters. The molecule has 4 rings (SSSR count). The molecular weight excluding hydrogens is 363 g/mol. The Labute approximate surface area is 156 Å². The molecule has 1 aromatic heterocycles. The Morgan fingerprint density at radius 3 is 2.60 bits per heavy atom. The summed E-state index contributed by atoms with van der Waals surface area (Å²) in [5, 5.41) is 4.07. The molecule has 2 fully saturated rings. The second-order valence-corrected chi connectivity index (χ2v) is 6.84. The van der Waals surface area contributed by atoms with E-state index in [-0.39, 0.29) is 5.79 Å². The van der Waals surface area contributed by atoms with E-state index < -0.39 is 0 Å². The Kier molecular flexibility index (Phi) is 4.69. The van der Waals surface area contributed by atoms with Gasteiger partial charge in [0.25, 0.3) is 0 Å². The lowest BCUT2D eigenvalue weighted by molar-refractivity contribution is -0.169. The van der Waals surface area contributed by atoms with E-state index in [9.17, 15) is 0 Å². The zero-order chi connectivity index (χ0) is 17.3. The van der Waals surface area contributed by atoms with Crippen LogP contribution < -0.4 is 10.2 Å². The third-order valence-corrected chi connectivity index (χ3v) is 5.32. The largest absolute Gasteiger partial charge is 0.356 e. The van der Waals surface area contributed by atoms with Crippen LogP contribution in [0.15, 0.2) is 30.5 Å². The van der Waals surface area contributed by atoms with Crippen LogP contribution in [0.25, 0.3) is 0 Å². The number of halogens is 2. The van der Waals surface area contributed by atoms with E-state index in [1.807, 2.05) is 18.2 Å². The zero-order valence-electron chi connectivity index (χ0n) is 13.5. The van der Waals surface area contributed by atoms with Gasteiger partial charge in [-0.2, -0.15) is 4.98 Å². The highest BCUT2D eigenvalue weighted by Gasteiger charge is 2.40. The van der Waals surface area contributed by atoms with Gasteiger partial charge in [-0.3, -0.25) is 0 Å². The SMILES string of the molecule is Clc1cccc(Nc2nccc(N3CCC4(CC3)OCCO4)n2)c1Cl. The zero-order valence-corrected chi connectivity index (χ0v) is 15.1. The molecule has 0 aliphatic carbocycles. The Morgan fingerprint density at radius 1 is 1.08 bits per heavy atom. The molecule has 0 radical (unpaired) electrons. The van der Waals surface area contributed by atoms with E-state index >= 15 is 0 Å². The van der Waals surface area contributed by atoms with Gasteiger partial charge in [0.05, 0.1) is 28.9 Å². The van der Waals surface area contributed by atoms with E-state index in [4.69, 9.17) is 32.7 Å². The highest BCUT2D eigenvalue weighted by Crippen LogP contribution is 2.34. The summed E-state index contributed by atoms with van der Waals surface area (Å²) in [5.74, 6) is 0.956. The molecule has 3 heterocycles. The van der Waals surface area contributed by atoms with Gasteiger partial charge in [-0.1, -0.05) is 29.3 Å². The average Bonchev–Trinajstić information content (AvgIpc) is 3.08. The van der Waals surface area contributed by atoms with Gasteiger partial charge in [-0.15, -0.1) is 0 Å². The van der Waals surface area contributed by atoms with Gasteiger partial charge in [0, 0.05) is 32.1 Å². The van der Waals surface area contributed by atoms with Gasteiger partial charge < -0.3 is 19.7 Å². The van der Waals surface area contributed by atoms with Gasteiger partial charge in [0.1, 0.15) is 5.82 Å². The quantitative estimate of drug-likeness (QED) is 0.871. The summed E-state index contributed by atoms with van der Waals surface area (Å²) in [6.45, 7) is 3.02. The third kappa shape index (κ3) is 3.53. The smallest absolute Gasteiger partial charge is 0.229 e. The number of rotatable bonds is 3. The fourth-order valence-electron chi connectivity index (χ4n) is 3.17. The van der Waals surface area contributed by atoms with Crippen molar-refractivity contribution in [2.45, 2.75) is 18.6 Å². The molecule has 1 aromatic carbocycles. The van der Waals surface area contributed by atoms with Crippen molar-refractivity contribution in [2.75, 3.05) is 36.5 Å². The van der Waals surface area contributed by atoms with Crippen molar-refractivity contribution < 1.29 is 9.47 Å². The minimum Gasteiger partial charge on any atom is -0.356 e. The van der Waals surface area contributed by atoms with E-state index in [1.54, 1.807) is 12.3 Å². The van der Waals surface area contributed by atoms with Crippen LogP contribution in [0.4, 0.5) is 17.5 Å². The number of hydrogen-bond acceptors (Lipinski definition) is 6. The number of aromatic nitrogens is 2. The molecule has 132 valence electrons. The predicted molar refractivity (Wildman–Crippen MR) is 97.9 cm³/mol.